The van der Waals surface area contributed by atoms with Crippen molar-refractivity contribution in [1.29, 1.82) is 0 Å². The monoisotopic (exact) mass is 389 g/mol. The summed E-state index contributed by atoms with van der Waals surface area (Å²) in [7, 11) is 0. The summed E-state index contributed by atoms with van der Waals surface area (Å²) in [5, 5.41) is 2.64. The highest BCUT2D eigenvalue weighted by molar-refractivity contribution is 9.10. The third-order valence-corrected chi connectivity index (χ3v) is 4.00. The van der Waals surface area contributed by atoms with Crippen LogP contribution in [-0.2, 0) is 9.53 Å². The van der Waals surface area contributed by atoms with Crippen LogP contribution in [-0.4, -0.2) is 23.8 Å². The van der Waals surface area contributed by atoms with E-state index in [0.29, 0.717) is 21.3 Å². The van der Waals surface area contributed by atoms with Gasteiger partial charge in [0.2, 0.25) is 0 Å². The zero-order chi connectivity index (χ0) is 17.7. The first kappa shape index (κ1) is 17.9. The normalized spacial score (nSPS) is 11.5. The molecule has 0 saturated heterocycles. The molecule has 124 valence electrons. The molecule has 0 saturated carbocycles. The highest BCUT2D eigenvalue weighted by Crippen LogP contribution is 2.18. The molecule has 0 aromatic heterocycles. The van der Waals surface area contributed by atoms with Gasteiger partial charge in [0.25, 0.3) is 5.91 Å². The van der Waals surface area contributed by atoms with E-state index >= 15 is 0 Å². The van der Waals surface area contributed by atoms with Crippen molar-refractivity contribution in [2.45, 2.75) is 20.0 Å². The van der Waals surface area contributed by atoms with Crippen molar-refractivity contribution in [3.05, 3.63) is 64.1 Å². The molecule has 0 aliphatic rings. The summed E-state index contributed by atoms with van der Waals surface area (Å²) < 4.78 is 5.78. The lowest BCUT2D eigenvalue weighted by Gasteiger charge is -2.14. The lowest BCUT2D eigenvalue weighted by Crippen LogP contribution is -2.30. The maximum absolute atomic E-state index is 12.1. The van der Waals surface area contributed by atoms with Crippen molar-refractivity contribution in [2.75, 3.05) is 5.32 Å². The second-order valence-electron chi connectivity index (χ2n) is 5.15. The number of benzene rings is 2. The van der Waals surface area contributed by atoms with Gasteiger partial charge in [0.15, 0.2) is 11.9 Å². The minimum atomic E-state index is -0.961. The molecule has 0 radical (unpaired) electrons. The molecule has 1 atom stereocenters. The Labute approximate surface area is 148 Å². The number of hydrogen-bond acceptors (Lipinski definition) is 4. The Morgan fingerprint density at radius 1 is 1.04 bits per heavy atom. The van der Waals surface area contributed by atoms with E-state index in [0.717, 1.165) is 0 Å². The first-order chi connectivity index (χ1) is 11.4. The lowest BCUT2D eigenvalue weighted by molar-refractivity contribution is -0.123. The highest BCUT2D eigenvalue weighted by atomic mass is 79.9. The lowest BCUT2D eigenvalue weighted by atomic mass is 10.1. The summed E-state index contributed by atoms with van der Waals surface area (Å²) in [6.45, 7) is 2.96. The fraction of sp³-hybridized carbons (Fsp3) is 0.167. The van der Waals surface area contributed by atoms with Crippen molar-refractivity contribution in [2.24, 2.45) is 0 Å². The predicted octanol–water partition coefficient (Wildman–Crippen LogP) is 3.84. The van der Waals surface area contributed by atoms with Gasteiger partial charge in [-0.1, -0.05) is 12.1 Å². The summed E-state index contributed by atoms with van der Waals surface area (Å²) in [6, 6.07) is 13.3. The predicted molar refractivity (Wildman–Crippen MR) is 94.1 cm³/mol. The largest absolute Gasteiger partial charge is 0.449 e. The second kappa shape index (κ2) is 7.88. The van der Waals surface area contributed by atoms with Gasteiger partial charge < -0.3 is 10.1 Å². The van der Waals surface area contributed by atoms with Gasteiger partial charge in [-0.15, -0.1) is 0 Å². The number of nitrogens with one attached hydrogen (secondary N) is 1. The van der Waals surface area contributed by atoms with Crippen molar-refractivity contribution in [1.82, 2.24) is 0 Å². The molecule has 0 aliphatic heterocycles. The first-order valence-corrected chi connectivity index (χ1v) is 8.05. The van der Waals surface area contributed by atoms with Crippen molar-refractivity contribution in [3.63, 3.8) is 0 Å². The van der Waals surface area contributed by atoms with E-state index in [1.54, 1.807) is 48.5 Å². The fourth-order valence-electron chi connectivity index (χ4n) is 1.94. The molecule has 2 aromatic carbocycles. The summed E-state index contributed by atoms with van der Waals surface area (Å²) >= 11 is 3.27. The Morgan fingerprint density at radius 2 is 1.67 bits per heavy atom. The van der Waals surface area contributed by atoms with Crippen LogP contribution in [0.4, 0.5) is 5.69 Å². The van der Waals surface area contributed by atoms with Crippen LogP contribution >= 0.6 is 15.9 Å². The van der Waals surface area contributed by atoms with Gasteiger partial charge in [0.05, 0.1) is 5.56 Å². The Bertz CT molecular complexity index is 771. The standard InChI is InChI=1S/C18H16BrNO4/c1-11(21)13-7-9-14(10-8-13)20-17(22)12(2)24-18(23)15-5-3-4-6-16(15)19/h3-10,12H,1-2H3,(H,20,22). The molecule has 2 aromatic rings. The van der Waals surface area contributed by atoms with Gasteiger partial charge in [-0.05, 0) is 66.2 Å². The van der Waals surface area contributed by atoms with Crippen LogP contribution in [0.25, 0.3) is 0 Å². The first-order valence-electron chi connectivity index (χ1n) is 7.26. The van der Waals surface area contributed by atoms with E-state index in [1.165, 1.54) is 13.8 Å². The van der Waals surface area contributed by atoms with Crippen LogP contribution in [0.2, 0.25) is 0 Å². The van der Waals surface area contributed by atoms with E-state index in [1.807, 2.05) is 0 Å². The summed E-state index contributed by atoms with van der Waals surface area (Å²) in [6.07, 6.45) is -0.961. The summed E-state index contributed by atoms with van der Waals surface area (Å²) in [4.78, 5) is 35.4. The minimum Gasteiger partial charge on any atom is -0.449 e. The Hall–Kier alpha value is -2.47. The molecule has 0 spiro atoms. The molecule has 1 unspecified atom stereocenters. The molecule has 6 heteroatoms. The molecule has 5 nitrogen and oxygen atoms in total. The van der Waals surface area contributed by atoms with Gasteiger partial charge in [-0.2, -0.15) is 0 Å². The molecule has 24 heavy (non-hydrogen) atoms. The number of esters is 1. The van der Waals surface area contributed by atoms with Gasteiger partial charge >= 0.3 is 5.97 Å². The van der Waals surface area contributed by atoms with Crippen LogP contribution in [0.1, 0.15) is 34.6 Å². The Morgan fingerprint density at radius 3 is 2.25 bits per heavy atom. The fourth-order valence-corrected chi connectivity index (χ4v) is 2.38. The van der Waals surface area contributed by atoms with Crippen molar-refractivity contribution >= 4 is 39.3 Å². The van der Waals surface area contributed by atoms with Crippen molar-refractivity contribution < 1.29 is 19.1 Å². The van der Waals surface area contributed by atoms with Crippen LogP contribution in [0, 0.1) is 0 Å². The number of ether oxygens (including phenoxy) is 1. The average Bonchev–Trinajstić information content (AvgIpc) is 2.55. The van der Waals surface area contributed by atoms with Gasteiger partial charge in [0.1, 0.15) is 0 Å². The zero-order valence-corrected chi connectivity index (χ0v) is 14.8. The van der Waals surface area contributed by atoms with E-state index in [2.05, 4.69) is 21.2 Å². The number of carbonyl (C=O) groups is 3. The number of Topliss-reactive ketones (excluding diaryl/α,β-unsaturated/α-hetero) is 1. The van der Waals surface area contributed by atoms with Crippen LogP contribution in [0.3, 0.4) is 0 Å². The van der Waals surface area contributed by atoms with Crippen molar-refractivity contribution in [3.8, 4) is 0 Å². The van der Waals surface area contributed by atoms with Gasteiger partial charge in [0, 0.05) is 15.7 Å². The van der Waals surface area contributed by atoms with Gasteiger partial charge in [-0.3, -0.25) is 9.59 Å². The van der Waals surface area contributed by atoms with E-state index in [4.69, 9.17) is 4.74 Å². The number of halogens is 1. The Kier molecular flexibility index (Phi) is 5.87. The summed E-state index contributed by atoms with van der Waals surface area (Å²) in [5.74, 6) is -1.09. The maximum atomic E-state index is 12.1. The van der Waals surface area contributed by atoms with Gasteiger partial charge in [-0.25, -0.2) is 4.79 Å². The quantitative estimate of drug-likeness (QED) is 0.622. The number of anilines is 1. The molecule has 1 amide bonds. The Balaban J connectivity index is 1.98. The number of rotatable bonds is 5. The second-order valence-corrected chi connectivity index (χ2v) is 6.00. The maximum Gasteiger partial charge on any atom is 0.340 e. The number of hydrogen-bond donors (Lipinski definition) is 1. The molecular formula is C18H16BrNO4. The smallest absolute Gasteiger partial charge is 0.340 e. The third-order valence-electron chi connectivity index (χ3n) is 3.31. The van der Waals surface area contributed by atoms with E-state index in [-0.39, 0.29) is 5.78 Å². The summed E-state index contributed by atoms with van der Waals surface area (Å²) in [5.41, 5.74) is 1.43. The molecule has 1 N–H and O–H groups in total. The molecule has 0 fully saturated rings. The van der Waals surface area contributed by atoms with Crippen LogP contribution in [0.15, 0.2) is 53.0 Å². The third kappa shape index (κ3) is 4.52. The zero-order valence-electron chi connectivity index (χ0n) is 13.2. The minimum absolute atomic E-state index is 0.0522. The molecule has 0 aliphatic carbocycles. The number of carbonyl (C=O) groups excluding carboxylic acids is 3. The molecule has 0 heterocycles. The molecule has 0 bridgehead atoms. The topological polar surface area (TPSA) is 72.5 Å². The number of amides is 1. The molecule has 2 rings (SSSR count). The average molecular weight is 390 g/mol. The SMILES string of the molecule is CC(=O)c1ccc(NC(=O)C(C)OC(=O)c2ccccc2Br)cc1. The highest BCUT2D eigenvalue weighted by Gasteiger charge is 2.20. The van der Waals surface area contributed by atoms with Crippen LogP contribution in [0.5, 0.6) is 0 Å². The van der Waals surface area contributed by atoms with E-state index in [9.17, 15) is 14.4 Å². The number of ketones is 1. The van der Waals surface area contributed by atoms with Crippen LogP contribution < -0.4 is 5.32 Å². The van der Waals surface area contributed by atoms with E-state index < -0.39 is 18.0 Å². The molecular weight excluding hydrogens is 374 g/mol.